The number of aromatic nitrogens is 1. The molecule has 1 aromatic rings. The maximum atomic E-state index is 5.58. The first-order chi connectivity index (χ1) is 7.18. The summed E-state index contributed by atoms with van der Waals surface area (Å²) < 4.78 is 0. The minimum absolute atomic E-state index is 0.461. The highest BCUT2D eigenvalue weighted by Crippen LogP contribution is 2.37. The van der Waals surface area contributed by atoms with Gasteiger partial charge >= 0.3 is 0 Å². The van der Waals surface area contributed by atoms with Crippen LogP contribution in [0.2, 0.25) is 0 Å². The molecule has 1 aliphatic carbocycles. The summed E-state index contributed by atoms with van der Waals surface area (Å²) in [6.07, 6.45) is 7.09. The largest absolute Gasteiger partial charge is 0.397 e. The zero-order valence-electron chi connectivity index (χ0n) is 9.29. The molecule has 82 valence electrons. The first-order valence-electron chi connectivity index (χ1n) is 5.63. The summed E-state index contributed by atoms with van der Waals surface area (Å²) in [4.78, 5) is 4.23. The second-order valence-corrected chi connectivity index (χ2v) is 4.85. The van der Waals surface area contributed by atoms with Crippen LogP contribution in [-0.2, 0) is 0 Å². The molecule has 1 saturated carbocycles. The minimum Gasteiger partial charge on any atom is -0.397 e. The molecule has 0 unspecified atom stereocenters. The van der Waals surface area contributed by atoms with E-state index in [0.29, 0.717) is 11.1 Å². The van der Waals surface area contributed by atoms with Crippen molar-refractivity contribution < 1.29 is 0 Å². The molecule has 1 aliphatic rings. The molecular formula is C12H19N3. The lowest BCUT2D eigenvalue weighted by Gasteiger charge is -2.23. The second-order valence-electron chi connectivity index (χ2n) is 4.85. The third-order valence-corrected chi connectivity index (χ3v) is 3.29. The van der Waals surface area contributed by atoms with E-state index in [0.717, 1.165) is 12.4 Å². The highest BCUT2D eigenvalue weighted by atomic mass is 15.0. The van der Waals surface area contributed by atoms with Crippen molar-refractivity contribution >= 4 is 11.5 Å². The number of anilines is 2. The Bertz CT molecular complexity index is 312. The topological polar surface area (TPSA) is 50.9 Å². The fraction of sp³-hybridized carbons (Fsp3) is 0.583. The molecule has 0 spiro atoms. The molecule has 1 heterocycles. The van der Waals surface area contributed by atoms with Crippen LogP contribution in [0.15, 0.2) is 18.3 Å². The Morgan fingerprint density at radius 2 is 2.13 bits per heavy atom. The fourth-order valence-corrected chi connectivity index (χ4v) is 2.22. The van der Waals surface area contributed by atoms with Gasteiger partial charge in [0.25, 0.3) is 0 Å². The first kappa shape index (κ1) is 10.3. The van der Waals surface area contributed by atoms with Crippen LogP contribution < -0.4 is 11.1 Å². The first-order valence-corrected chi connectivity index (χ1v) is 5.63. The Morgan fingerprint density at radius 1 is 1.40 bits per heavy atom. The van der Waals surface area contributed by atoms with Gasteiger partial charge in [0.15, 0.2) is 0 Å². The SMILES string of the molecule is CC1(CNc2ccc(N)cn2)CCCC1. The van der Waals surface area contributed by atoms with Gasteiger partial charge in [0.05, 0.1) is 11.9 Å². The average Bonchev–Trinajstić information content (AvgIpc) is 2.65. The van der Waals surface area contributed by atoms with Gasteiger partial charge in [0.2, 0.25) is 0 Å². The van der Waals surface area contributed by atoms with Crippen LogP contribution >= 0.6 is 0 Å². The van der Waals surface area contributed by atoms with E-state index in [1.54, 1.807) is 6.20 Å². The van der Waals surface area contributed by atoms with Gasteiger partial charge in [0.1, 0.15) is 5.82 Å². The van der Waals surface area contributed by atoms with E-state index in [-0.39, 0.29) is 0 Å². The molecule has 1 fully saturated rings. The molecule has 0 saturated heterocycles. The number of rotatable bonds is 3. The van der Waals surface area contributed by atoms with Crippen molar-refractivity contribution in [2.45, 2.75) is 32.6 Å². The van der Waals surface area contributed by atoms with Gasteiger partial charge in [-0.1, -0.05) is 19.8 Å². The Balaban J connectivity index is 1.90. The Kier molecular flexibility index (Phi) is 2.80. The zero-order chi connectivity index (χ0) is 10.7. The van der Waals surface area contributed by atoms with Crippen molar-refractivity contribution in [3.8, 4) is 0 Å². The monoisotopic (exact) mass is 205 g/mol. The molecule has 2 rings (SSSR count). The molecule has 3 heteroatoms. The highest BCUT2D eigenvalue weighted by molar-refractivity contribution is 5.43. The highest BCUT2D eigenvalue weighted by Gasteiger charge is 2.28. The maximum absolute atomic E-state index is 5.58. The van der Waals surface area contributed by atoms with Crippen molar-refractivity contribution in [1.29, 1.82) is 0 Å². The van der Waals surface area contributed by atoms with Crippen LogP contribution in [0.3, 0.4) is 0 Å². The quantitative estimate of drug-likeness (QED) is 0.797. The van der Waals surface area contributed by atoms with Crippen molar-refractivity contribution in [3.05, 3.63) is 18.3 Å². The fourth-order valence-electron chi connectivity index (χ4n) is 2.22. The van der Waals surface area contributed by atoms with Crippen molar-refractivity contribution in [1.82, 2.24) is 4.98 Å². The van der Waals surface area contributed by atoms with Crippen LogP contribution in [-0.4, -0.2) is 11.5 Å². The summed E-state index contributed by atoms with van der Waals surface area (Å²) >= 11 is 0. The van der Waals surface area contributed by atoms with Gasteiger partial charge in [-0.3, -0.25) is 0 Å². The molecule has 15 heavy (non-hydrogen) atoms. The van der Waals surface area contributed by atoms with Crippen molar-refractivity contribution in [3.63, 3.8) is 0 Å². The lowest BCUT2D eigenvalue weighted by atomic mass is 9.89. The smallest absolute Gasteiger partial charge is 0.126 e. The molecule has 0 amide bonds. The third kappa shape index (κ3) is 2.61. The zero-order valence-corrected chi connectivity index (χ0v) is 9.29. The second kappa shape index (κ2) is 4.09. The van der Waals surface area contributed by atoms with E-state index in [2.05, 4.69) is 17.2 Å². The van der Waals surface area contributed by atoms with E-state index >= 15 is 0 Å². The number of nitrogen functional groups attached to an aromatic ring is 1. The van der Waals surface area contributed by atoms with E-state index in [9.17, 15) is 0 Å². The van der Waals surface area contributed by atoms with E-state index in [1.807, 2.05) is 12.1 Å². The molecule has 0 radical (unpaired) electrons. The molecule has 0 aromatic carbocycles. The van der Waals surface area contributed by atoms with Gasteiger partial charge in [-0.05, 0) is 30.4 Å². The number of nitrogens with one attached hydrogen (secondary N) is 1. The van der Waals surface area contributed by atoms with Crippen molar-refractivity contribution in [2.24, 2.45) is 5.41 Å². The van der Waals surface area contributed by atoms with E-state index in [4.69, 9.17) is 5.73 Å². The number of hydrogen-bond donors (Lipinski definition) is 2. The van der Waals surface area contributed by atoms with Crippen LogP contribution in [0.4, 0.5) is 11.5 Å². The van der Waals surface area contributed by atoms with Gasteiger partial charge < -0.3 is 11.1 Å². The number of nitrogens with two attached hydrogens (primary N) is 1. The molecule has 1 aromatic heterocycles. The van der Waals surface area contributed by atoms with Crippen LogP contribution in [0, 0.1) is 5.41 Å². The Morgan fingerprint density at radius 3 is 2.73 bits per heavy atom. The van der Waals surface area contributed by atoms with Gasteiger partial charge in [-0.2, -0.15) is 0 Å². The van der Waals surface area contributed by atoms with Gasteiger partial charge in [-0.25, -0.2) is 4.98 Å². The predicted molar refractivity (Wildman–Crippen MR) is 63.7 cm³/mol. The van der Waals surface area contributed by atoms with E-state index in [1.165, 1.54) is 25.7 Å². The predicted octanol–water partition coefficient (Wildman–Crippen LogP) is 2.66. The normalized spacial score (nSPS) is 19.0. The molecule has 0 aliphatic heterocycles. The maximum Gasteiger partial charge on any atom is 0.126 e. The molecule has 3 nitrogen and oxygen atoms in total. The minimum atomic E-state index is 0.461. The van der Waals surface area contributed by atoms with Crippen LogP contribution in [0.1, 0.15) is 32.6 Å². The summed E-state index contributed by atoms with van der Waals surface area (Å²) in [5.74, 6) is 0.928. The lowest BCUT2D eigenvalue weighted by Crippen LogP contribution is -2.23. The van der Waals surface area contributed by atoms with Gasteiger partial charge in [-0.15, -0.1) is 0 Å². The Labute approximate surface area is 91.1 Å². The number of hydrogen-bond acceptors (Lipinski definition) is 3. The van der Waals surface area contributed by atoms with Crippen LogP contribution in [0.5, 0.6) is 0 Å². The summed E-state index contributed by atoms with van der Waals surface area (Å²) in [5, 5.41) is 3.39. The summed E-state index contributed by atoms with van der Waals surface area (Å²) in [5.41, 5.74) is 6.76. The van der Waals surface area contributed by atoms with E-state index < -0.39 is 0 Å². The van der Waals surface area contributed by atoms with Crippen LogP contribution in [0.25, 0.3) is 0 Å². The summed E-state index contributed by atoms with van der Waals surface area (Å²) in [6, 6.07) is 3.82. The Hall–Kier alpha value is -1.25. The summed E-state index contributed by atoms with van der Waals surface area (Å²) in [7, 11) is 0. The average molecular weight is 205 g/mol. The van der Waals surface area contributed by atoms with Crippen molar-refractivity contribution in [2.75, 3.05) is 17.6 Å². The molecule has 0 atom stereocenters. The third-order valence-electron chi connectivity index (χ3n) is 3.29. The molecule has 3 N–H and O–H groups in total. The number of nitrogens with zero attached hydrogens (tertiary/aromatic N) is 1. The lowest BCUT2D eigenvalue weighted by molar-refractivity contribution is 0.361. The summed E-state index contributed by atoms with van der Waals surface area (Å²) in [6.45, 7) is 3.37. The standard InChI is InChI=1S/C12H19N3/c1-12(6-2-3-7-12)9-15-11-5-4-10(13)8-14-11/h4-5,8H,2-3,6-7,9,13H2,1H3,(H,14,15). The molecular weight excluding hydrogens is 186 g/mol. The van der Waals surface area contributed by atoms with Gasteiger partial charge in [0, 0.05) is 6.54 Å². The number of pyridine rings is 1. The molecule has 0 bridgehead atoms.